The van der Waals surface area contributed by atoms with Crippen LogP contribution in [-0.2, 0) is 44.4 Å². The summed E-state index contributed by atoms with van der Waals surface area (Å²) in [5.74, 6) is -4.14. The van der Waals surface area contributed by atoms with Crippen LogP contribution >= 0.6 is 0 Å². The Labute approximate surface area is 324 Å². The molecule has 0 aliphatic carbocycles. The van der Waals surface area contributed by atoms with Crippen LogP contribution in [0.3, 0.4) is 0 Å². The van der Waals surface area contributed by atoms with Crippen molar-refractivity contribution in [2.45, 2.75) is 43.9 Å². The Morgan fingerprint density at radius 1 is 0.895 bits per heavy atom. The van der Waals surface area contributed by atoms with Gasteiger partial charge in [0.15, 0.2) is 5.82 Å². The number of rotatable bonds is 13. The van der Waals surface area contributed by atoms with Gasteiger partial charge in [-0.1, -0.05) is 24.3 Å². The number of anilines is 1. The second kappa shape index (κ2) is 16.6. The highest BCUT2D eigenvalue weighted by molar-refractivity contribution is 7.92. The first-order chi connectivity index (χ1) is 27.2. The SMILES string of the molecule is COCc1ncc(-c2ccc(S(=O)(=O)Nc3cc(F)c(C(=O)N[C@@H](Cc4ccc(-n5c(=O)c6ccncc6n(C)c5=O)cc4)C(=O)OC(C)C)cc3F)cc2)cn1. The molecule has 3 heterocycles. The number of fused-ring (bicyclic) bond motifs is 1. The lowest BCUT2D eigenvalue weighted by atomic mass is 10.0. The van der Waals surface area contributed by atoms with Crippen molar-refractivity contribution < 1.29 is 36.3 Å². The number of methoxy groups -OCH3 is 1. The minimum atomic E-state index is -4.42. The van der Waals surface area contributed by atoms with Crippen molar-refractivity contribution in [3.05, 3.63) is 141 Å². The number of pyridine rings is 1. The molecule has 2 N–H and O–H groups in total. The summed E-state index contributed by atoms with van der Waals surface area (Å²) >= 11 is 0. The Morgan fingerprint density at radius 3 is 2.23 bits per heavy atom. The molecular weight excluding hydrogens is 765 g/mol. The first-order valence-corrected chi connectivity index (χ1v) is 18.7. The van der Waals surface area contributed by atoms with E-state index < -0.39 is 68.2 Å². The van der Waals surface area contributed by atoms with E-state index in [0.29, 0.717) is 40.2 Å². The number of carbonyl (C=O) groups is 2. The number of ether oxygens (including phenoxy) is 2. The molecule has 6 aromatic rings. The maximum atomic E-state index is 15.4. The third-order valence-electron chi connectivity index (χ3n) is 8.67. The molecule has 294 valence electrons. The summed E-state index contributed by atoms with van der Waals surface area (Å²) < 4.78 is 71.6. The van der Waals surface area contributed by atoms with Gasteiger partial charge in [-0.15, -0.1) is 0 Å². The van der Waals surface area contributed by atoms with Crippen molar-refractivity contribution in [3.63, 3.8) is 0 Å². The highest BCUT2D eigenvalue weighted by atomic mass is 32.2. The zero-order valence-corrected chi connectivity index (χ0v) is 31.7. The number of hydrogen-bond donors (Lipinski definition) is 2. The largest absolute Gasteiger partial charge is 0.461 e. The molecule has 1 amide bonds. The number of amides is 1. The van der Waals surface area contributed by atoms with Gasteiger partial charge in [-0.2, -0.15) is 0 Å². The van der Waals surface area contributed by atoms with Gasteiger partial charge in [0.05, 0.1) is 45.0 Å². The van der Waals surface area contributed by atoms with Gasteiger partial charge in [-0.3, -0.25) is 23.9 Å². The molecular formula is C39H35F2N7O8S. The number of benzene rings is 3. The van der Waals surface area contributed by atoms with E-state index in [1.807, 2.05) is 4.72 Å². The van der Waals surface area contributed by atoms with Gasteiger partial charge >= 0.3 is 11.7 Å². The minimum Gasteiger partial charge on any atom is -0.461 e. The van der Waals surface area contributed by atoms with E-state index in [0.717, 1.165) is 4.57 Å². The zero-order chi connectivity index (χ0) is 41.0. The van der Waals surface area contributed by atoms with Crippen LogP contribution in [-0.4, -0.2) is 63.6 Å². The van der Waals surface area contributed by atoms with Gasteiger partial charge < -0.3 is 14.8 Å². The molecule has 0 saturated heterocycles. The molecule has 6 rings (SSSR count). The predicted molar refractivity (Wildman–Crippen MR) is 204 cm³/mol. The Morgan fingerprint density at radius 2 is 1.58 bits per heavy atom. The number of sulfonamides is 1. The molecule has 3 aromatic carbocycles. The van der Waals surface area contributed by atoms with E-state index in [1.54, 1.807) is 26.2 Å². The molecule has 0 unspecified atom stereocenters. The van der Waals surface area contributed by atoms with Crippen LogP contribution in [0.2, 0.25) is 0 Å². The Hall–Kier alpha value is -6.66. The molecule has 0 radical (unpaired) electrons. The smallest absolute Gasteiger partial charge is 0.335 e. The van der Waals surface area contributed by atoms with E-state index in [9.17, 15) is 27.6 Å². The quantitative estimate of drug-likeness (QED) is 0.160. The molecule has 0 bridgehead atoms. The Balaban J connectivity index is 1.18. The molecule has 0 aliphatic heterocycles. The summed E-state index contributed by atoms with van der Waals surface area (Å²) in [7, 11) is -1.40. The lowest BCUT2D eigenvalue weighted by molar-refractivity contribution is -0.149. The molecule has 0 aliphatic rings. The van der Waals surface area contributed by atoms with Crippen molar-refractivity contribution >= 4 is 38.5 Å². The van der Waals surface area contributed by atoms with E-state index >= 15 is 8.78 Å². The van der Waals surface area contributed by atoms with Gasteiger partial charge in [0, 0.05) is 50.8 Å². The van der Waals surface area contributed by atoms with Crippen molar-refractivity contribution in [1.82, 2.24) is 29.4 Å². The molecule has 3 aromatic heterocycles. The number of halogens is 2. The highest BCUT2D eigenvalue weighted by Gasteiger charge is 2.27. The predicted octanol–water partition coefficient (Wildman–Crippen LogP) is 4.06. The van der Waals surface area contributed by atoms with Crippen molar-refractivity contribution in [3.8, 4) is 16.8 Å². The minimum absolute atomic E-state index is 0.180. The van der Waals surface area contributed by atoms with Crippen LogP contribution < -0.4 is 21.3 Å². The first-order valence-electron chi connectivity index (χ1n) is 17.3. The standard InChI is InChI=1S/C39H35F2N7O8S/c1-22(2)56-38(51)33(15-23-5-9-26(10-6-23)48-37(50)28-13-14-42-20-34(28)47(3)39(48)52)45-36(49)29-16-31(41)32(17-30(29)40)46-57(53,54)27-11-7-24(8-12-27)25-18-43-35(21-55-4)44-19-25/h5-14,16-20,22,33,46H,15,21H2,1-4H3,(H,45,49)/t33-/m0/s1. The Bertz CT molecular complexity index is 2710. The lowest BCUT2D eigenvalue weighted by Gasteiger charge is -2.20. The average molecular weight is 800 g/mol. The molecule has 18 heteroatoms. The number of aryl methyl sites for hydroxylation is 1. The van der Waals surface area contributed by atoms with Gasteiger partial charge in [0.2, 0.25) is 0 Å². The van der Waals surface area contributed by atoms with Crippen molar-refractivity contribution in [2.75, 3.05) is 11.8 Å². The van der Waals surface area contributed by atoms with Crippen molar-refractivity contribution in [2.24, 2.45) is 7.05 Å². The van der Waals surface area contributed by atoms with Crippen LogP contribution in [0.5, 0.6) is 0 Å². The van der Waals surface area contributed by atoms with Gasteiger partial charge in [0.1, 0.15) is 24.3 Å². The fourth-order valence-electron chi connectivity index (χ4n) is 5.82. The average Bonchev–Trinajstić information content (AvgIpc) is 3.19. The van der Waals surface area contributed by atoms with Crippen LogP contribution in [0.4, 0.5) is 14.5 Å². The molecule has 0 saturated carbocycles. The number of esters is 1. The summed E-state index contributed by atoms with van der Waals surface area (Å²) in [6, 6.07) is 12.7. The molecule has 1 atom stereocenters. The van der Waals surface area contributed by atoms with Crippen LogP contribution in [0.1, 0.15) is 35.6 Å². The maximum absolute atomic E-state index is 15.4. The number of nitrogens with zero attached hydrogens (tertiary/aromatic N) is 5. The first kappa shape index (κ1) is 40.0. The van der Waals surface area contributed by atoms with Crippen LogP contribution in [0.25, 0.3) is 27.7 Å². The normalized spacial score (nSPS) is 12.1. The monoisotopic (exact) mass is 799 g/mol. The fraction of sp³-hybridized carbons (Fsp3) is 0.205. The van der Waals surface area contributed by atoms with Gasteiger partial charge in [-0.05, 0) is 61.4 Å². The lowest BCUT2D eigenvalue weighted by Crippen LogP contribution is -2.44. The summed E-state index contributed by atoms with van der Waals surface area (Å²) in [6.45, 7) is 3.40. The number of aromatic nitrogens is 5. The number of nitrogens with one attached hydrogen (secondary N) is 2. The summed E-state index contributed by atoms with van der Waals surface area (Å²) in [5, 5.41) is 2.65. The van der Waals surface area contributed by atoms with E-state index in [1.165, 1.54) is 85.7 Å². The zero-order valence-electron chi connectivity index (χ0n) is 30.9. The third kappa shape index (κ3) is 8.76. The third-order valence-corrected chi connectivity index (χ3v) is 10.1. The summed E-state index contributed by atoms with van der Waals surface area (Å²) in [4.78, 5) is 64.8. The fourth-order valence-corrected chi connectivity index (χ4v) is 6.88. The van der Waals surface area contributed by atoms with E-state index in [2.05, 4.69) is 20.3 Å². The van der Waals surface area contributed by atoms with E-state index in [4.69, 9.17) is 9.47 Å². The summed E-state index contributed by atoms with van der Waals surface area (Å²) in [5.41, 5.74) is -0.495. The Kier molecular flexibility index (Phi) is 11.7. The topological polar surface area (TPSA) is 193 Å². The molecule has 57 heavy (non-hydrogen) atoms. The van der Waals surface area contributed by atoms with Crippen molar-refractivity contribution in [1.29, 1.82) is 0 Å². The summed E-state index contributed by atoms with van der Waals surface area (Å²) in [6.07, 6.45) is 5.17. The number of hydrogen-bond acceptors (Lipinski definition) is 11. The number of carbonyl (C=O) groups excluding carboxylic acids is 2. The molecule has 0 spiro atoms. The van der Waals surface area contributed by atoms with Gasteiger partial charge in [0.25, 0.3) is 21.5 Å². The molecule has 15 nitrogen and oxygen atoms in total. The second-order valence-corrected chi connectivity index (χ2v) is 14.7. The molecule has 0 fully saturated rings. The maximum Gasteiger partial charge on any atom is 0.335 e. The van der Waals surface area contributed by atoms with Crippen LogP contribution in [0.15, 0.2) is 106 Å². The highest BCUT2D eigenvalue weighted by Crippen LogP contribution is 2.25. The van der Waals surface area contributed by atoms with Gasteiger partial charge in [-0.25, -0.2) is 41.3 Å². The second-order valence-electron chi connectivity index (χ2n) is 13.0. The van der Waals surface area contributed by atoms with Crippen LogP contribution in [0, 0.1) is 11.6 Å². The van der Waals surface area contributed by atoms with E-state index in [-0.39, 0.29) is 29.0 Å².